The van der Waals surface area contributed by atoms with Crippen LogP contribution in [0.2, 0.25) is 0 Å². The Labute approximate surface area is 145 Å². The second kappa shape index (κ2) is 7.36. The number of hydrogen-bond acceptors (Lipinski definition) is 5. The number of rotatable bonds is 5. The SMILES string of the molecule is Cc1cnc(-c2ccc(-c3cccnc3O[C@@H](C)CO)cc2F)cn1. The maximum atomic E-state index is 14.6. The van der Waals surface area contributed by atoms with Crippen LogP contribution in [0, 0.1) is 12.7 Å². The third-order valence-electron chi connectivity index (χ3n) is 3.68. The predicted octanol–water partition coefficient (Wildman–Crippen LogP) is 3.41. The first kappa shape index (κ1) is 17.0. The lowest BCUT2D eigenvalue weighted by atomic mass is 10.0. The van der Waals surface area contributed by atoms with Gasteiger partial charge in [-0.25, -0.2) is 9.37 Å². The minimum atomic E-state index is -0.402. The van der Waals surface area contributed by atoms with Crippen molar-refractivity contribution < 1.29 is 14.2 Å². The molecule has 0 saturated heterocycles. The number of nitrogens with zero attached hydrogens (tertiary/aromatic N) is 3. The van der Waals surface area contributed by atoms with E-state index < -0.39 is 11.9 Å². The zero-order valence-corrected chi connectivity index (χ0v) is 14.0. The second-order valence-corrected chi connectivity index (χ2v) is 5.70. The van der Waals surface area contributed by atoms with E-state index in [1.807, 2.05) is 6.92 Å². The Morgan fingerprint density at radius 1 is 1.12 bits per heavy atom. The molecule has 0 unspecified atom stereocenters. The highest BCUT2D eigenvalue weighted by Crippen LogP contribution is 2.31. The van der Waals surface area contributed by atoms with Crippen molar-refractivity contribution in [2.45, 2.75) is 20.0 Å². The minimum absolute atomic E-state index is 0.130. The molecule has 128 valence electrons. The standard InChI is InChI=1S/C19H18FN3O2/c1-12-9-23-18(10-22-12)16-6-5-14(8-17(16)20)15-4-3-7-21-19(15)25-13(2)11-24/h3-10,13,24H,11H2,1-2H3/t13-/m0/s1. The van der Waals surface area contributed by atoms with Gasteiger partial charge in [0.25, 0.3) is 0 Å². The maximum Gasteiger partial charge on any atom is 0.221 e. The second-order valence-electron chi connectivity index (χ2n) is 5.70. The van der Waals surface area contributed by atoms with Gasteiger partial charge in [0.15, 0.2) is 0 Å². The average Bonchev–Trinajstić information content (AvgIpc) is 2.63. The van der Waals surface area contributed by atoms with Gasteiger partial charge in [-0.1, -0.05) is 6.07 Å². The molecule has 0 saturated carbocycles. The number of aromatic nitrogens is 3. The molecule has 2 heterocycles. The molecular weight excluding hydrogens is 321 g/mol. The van der Waals surface area contributed by atoms with Crippen LogP contribution in [0.3, 0.4) is 0 Å². The lowest BCUT2D eigenvalue weighted by Crippen LogP contribution is -2.17. The molecule has 2 aromatic heterocycles. The Balaban J connectivity index is 1.97. The molecule has 3 rings (SSSR count). The molecule has 5 nitrogen and oxygen atoms in total. The van der Waals surface area contributed by atoms with Crippen molar-refractivity contribution in [3.8, 4) is 28.3 Å². The molecule has 25 heavy (non-hydrogen) atoms. The lowest BCUT2D eigenvalue weighted by Gasteiger charge is -2.15. The Kier molecular flexibility index (Phi) is 5.00. The zero-order chi connectivity index (χ0) is 17.8. The number of hydrogen-bond donors (Lipinski definition) is 1. The van der Waals surface area contributed by atoms with E-state index in [1.54, 1.807) is 49.8 Å². The summed E-state index contributed by atoms with van der Waals surface area (Å²) in [5.41, 5.74) is 2.92. The third-order valence-corrected chi connectivity index (χ3v) is 3.68. The molecule has 1 atom stereocenters. The number of aliphatic hydroxyl groups is 1. The number of benzene rings is 1. The van der Waals surface area contributed by atoms with E-state index in [4.69, 9.17) is 9.84 Å². The summed E-state index contributed by atoms with van der Waals surface area (Å²) in [5, 5.41) is 9.16. The first-order valence-corrected chi connectivity index (χ1v) is 7.90. The molecule has 1 N–H and O–H groups in total. The van der Waals surface area contributed by atoms with Crippen LogP contribution in [0.25, 0.3) is 22.4 Å². The van der Waals surface area contributed by atoms with Crippen LogP contribution in [-0.4, -0.2) is 32.8 Å². The molecule has 0 fully saturated rings. The average molecular weight is 339 g/mol. The summed E-state index contributed by atoms with van der Waals surface area (Å²) in [6.07, 6.45) is 4.34. The minimum Gasteiger partial charge on any atom is -0.472 e. The highest BCUT2D eigenvalue weighted by molar-refractivity contribution is 5.72. The van der Waals surface area contributed by atoms with Gasteiger partial charge >= 0.3 is 0 Å². The molecule has 0 spiro atoms. The summed E-state index contributed by atoms with van der Waals surface area (Å²) < 4.78 is 20.2. The molecule has 0 aliphatic carbocycles. The van der Waals surface area contributed by atoms with Crippen LogP contribution < -0.4 is 4.74 Å². The first-order valence-electron chi connectivity index (χ1n) is 7.90. The fourth-order valence-corrected chi connectivity index (χ4v) is 2.35. The molecule has 3 aromatic rings. The summed E-state index contributed by atoms with van der Waals surface area (Å²) in [6, 6.07) is 8.42. The monoisotopic (exact) mass is 339 g/mol. The van der Waals surface area contributed by atoms with Crippen molar-refractivity contribution in [1.82, 2.24) is 15.0 Å². The zero-order valence-electron chi connectivity index (χ0n) is 14.0. The van der Waals surface area contributed by atoms with Crippen molar-refractivity contribution in [2.75, 3.05) is 6.61 Å². The van der Waals surface area contributed by atoms with Crippen LogP contribution in [0.1, 0.15) is 12.6 Å². The Morgan fingerprint density at radius 3 is 2.64 bits per heavy atom. The Bertz CT molecular complexity index is 869. The van der Waals surface area contributed by atoms with Crippen molar-refractivity contribution in [1.29, 1.82) is 0 Å². The number of ether oxygens (including phenoxy) is 1. The smallest absolute Gasteiger partial charge is 0.221 e. The quantitative estimate of drug-likeness (QED) is 0.771. The van der Waals surface area contributed by atoms with Crippen LogP contribution in [0.4, 0.5) is 4.39 Å². The van der Waals surface area contributed by atoms with Gasteiger partial charge in [-0.3, -0.25) is 9.97 Å². The summed E-state index contributed by atoms with van der Waals surface area (Å²) >= 11 is 0. The molecule has 0 bridgehead atoms. The summed E-state index contributed by atoms with van der Waals surface area (Å²) in [5.74, 6) is -0.0491. The summed E-state index contributed by atoms with van der Waals surface area (Å²) in [4.78, 5) is 12.5. The van der Waals surface area contributed by atoms with Gasteiger partial charge in [-0.15, -0.1) is 0 Å². The van der Waals surface area contributed by atoms with E-state index in [0.29, 0.717) is 28.3 Å². The fraction of sp³-hybridized carbons (Fsp3) is 0.211. The van der Waals surface area contributed by atoms with Crippen LogP contribution in [-0.2, 0) is 0 Å². The van der Waals surface area contributed by atoms with E-state index in [-0.39, 0.29) is 6.61 Å². The van der Waals surface area contributed by atoms with E-state index in [0.717, 1.165) is 5.69 Å². The van der Waals surface area contributed by atoms with E-state index in [1.165, 1.54) is 6.07 Å². The highest BCUT2D eigenvalue weighted by Gasteiger charge is 2.14. The van der Waals surface area contributed by atoms with Crippen LogP contribution >= 0.6 is 0 Å². The van der Waals surface area contributed by atoms with Gasteiger partial charge in [0.2, 0.25) is 5.88 Å². The molecule has 0 aliphatic heterocycles. The lowest BCUT2D eigenvalue weighted by molar-refractivity contribution is 0.126. The van der Waals surface area contributed by atoms with Crippen LogP contribution in [0.15, 0.2) is 48.9 Å². The van der Waals surface area contributed by atoms with Crippen molar-refractivity contribution in [3.05, 3.63) is 60.4 Å². The first-order chi connectivity index (χ1) is 12.1. The Hall–Kier alpha value is -2.86. The molecular formula is C19H18FN3O2. The molecule has 6 heteroatoms. The Morgan fingerprint density at radius 2 is 1.96 bits per heavy atom. The number of halogens is 1. The van der Waals surface area contributed by atoms with Gasteiger partial charge in [-0.05, 0) is 43.7 Å². The van der Waals surface area contributed by atoms with Gasteiger partial charge in [-0.2, -0.15) is 0 Å². The largest absolute Gasteiger partial charge is 0.472 e. The molecule has 0 amide bonds. The van der Waals surface area contributed by atoms with E-state index >= 15 is 0 Å². The summed E-state index contributed by atoms with van der Waals surface area (Å²) in [6.45, 7) is 3.43. The van der Waals surface area contributed by atoms with Crippen molar-refractivity contribution in [2.24, 2.45) is 0 Å². The van der Waals surface area contributed by atoms with Crippen LogP contribution in [0.5, 0.6) is 5.88 Å². The van der Waals surface area contributed by atoms with Crippen molar-refractivity contribution in [3.63, 3.8) is 0 Å². The fourth-order valence-electron chi connectivity index (χ4n) is 2.35. The number of pyridine rings is 1. The molecule has 0 aliphatic rings. The predicted molar refractivity (Wildman–Crippen MR) is 92.6 cm³/mol. The normalized spacial score (nSPS) is 12.0. The number of aryl methyl sites for hydroxylation is 1. The van der Waals surface area contributed by atoms with E-state index in [2.05, 4.69) is 15.0 Å². The highest BCUT2D eigenvalue weighted by atomic mass is 19.1. The molecule has 1 aromatic carbocycles. The summed E-state index contributed by atoms with van der Waals surface area (Å²) in [7, 11) is 0. The third kappa shape index (κ3) is 3.80. The van der Waals surface area contributed by atoms with E-state index in [9.17, 15) is 4.39 Å². The van der Waals surface area contributed by atoms with Gasteiger partial charge in [0.05, 0.1) is 24.2 Å². The molecule has 0 radical (unpaired) electrons. The van der Waals surface area contributed by atoms with Gasteiger partial charge < -0.3 is 9.84 Å². The topological polar surface area (TPSA) is 68.1 Å². The van der Waals surface area contributed by atoms with Gasteiger partial charge in [0.1, 0.15) is 11.9 Å². The van der Waals surface area contributed by atoms with Crippen molar-refractivity contribution >= 4 is 0 Å². The number of aliphatic hydroxyl groups excluding tert-OH is 1. The maximum absolute atomic E-state index is 14.6. The van der Waals surface area contributed by atoms with Gasteiger partial charge in [0, 0.05) is 23.5 Å².